The lowest BCUT2D eigenvalue weighted by atomic mass is 10.4. The molecular formula is C9H20N2O3S. The van der Waals surface area contributed by atoms with Crippen LogP contribution in [0.15, 0.2) is 0 Å². The number of hydrogen-bond acceptors (Lipinski definition) is 5. The second kappa shape index (κ2) is 10.2. The number of amides is 1. The number of rotatable bonds is 9. The van der Waals surface area contributed by atoms with Gasteiger partial charge in [-0.3, -0.25) is 4.79 Å². The Labute approximate surface area is 96.1 Å². The van der Waals surface area contributed by atoms with Gasteiger partial charge in [-0.2, -0.15) is 12.6 Å². The fourth-order valence-electron chi connectivity index (χ4n) is 0.875. The van der Waals surface area contributed by atoms with Crippen molar-refractivity contribution in [1.82, 2.24) is 5.32 Å². The summed E-state index contributed by atoms with van der Waals surface area (Å²) in [5.41, 5.74) is 5.23. The predicted molar refractivity (Wildman–Crippen MR) is 61.9 cm³/mol. The number of carbonyl (C=O) groups excluding carboxylic acids is 1. The lowest BCUT2D eigenvalue weighted by molar-refractivity contribution is -0.122. The molecule has 0 aliphatic rings. The zero-order valence-corrected chi connectivity index (χ0v) is 9.96. The molecule has 6 heteroatoms. The molecule has 0 fully saturated rings. The minimum absolute atomic E-state index is 0.0552. The number of nitrogens with two attached hydrogens (primary N) is 1. The van der Waals surface area contributed by atoms with Crippen LogP contribution in [0.2, 0.25) is 0 Å². The molecule has 0 radical (unpaired) electrons. The highest BCUT2D eigenvalue weighted by atomic mass is 32.1. The summed E-state index contributed by atoms with van der Waals surface area (Å²) in [7, 11) is 0. The molecule has 3 N–H and O–H groups in total. The van der Waals surface area contributed by atoms with Gasteiger partial charge in [-0.1, -0.05) is 0 Å². The summed E-state index contributed by atoms with van der Waals surface area (Å²) in [4.78, 5) is 11.1. The number of ether oxygens (including phenoxy) is 2. The second-order valence-corrected chi connectivity index (χ2v) is 3.78. The molecule has 0 aromatic rings. The summed E-state index contributed by atoms with van der Waals surface area (Å²) in [5, 5.41) is 2.53. The smallest absolute Gasteiger partial charge is 0.223 e. The quantitative estimate of drug-likeness (QED) is 0.293. The molecule has 1 unspecified atom stereocenters. The molecule has 15 heavy (non-hydrogen) atoms. The molecule has 90 valence electrons. The summed E-state index contributed by atoms with van der Waals surface area (Å²) >= 11 is 4.03. The summed E-state index contributed by atoms with van der Waals surface area (Å²) in [6, 6.07) is 0. The molecule has 0 aromatic carbocycles. The average molecular weight is 236 g/mol. The van der Waals surface area contributed by atoms with Crippen molar-refractivity contribution in [3.63, 3.8) is 0 Å². The van der Waals surface area contributed by atoms with Gasteiger partial charge >= 0.3 is 0 Å². The molecule has 0 bridgehead atoms. The normalized spacial score (nSPS) is 12.5. The van der Waals surface area contributed by atoms with Crippen molar-refractivity contribution >= 4 is 18.5 Å². The molecule has 0 rings (SSSR count). The molecule has 5 nitrogen and oxygen atoms in total. The lowest BCUT2D eigenvalue weighted by Crippen LogP contribution is -2.29. The van der Waals surface area contributed by atoms with Crippen molar-refractivity contribution in [2.45, 2.75) is 18.7 Å². The Morgan fingerprint density at radius 2 is 1.93 bits per heavy atom. The van der Waals surface area contributed by atoms with Crippen molar-refractivity contribution in [1.29, 1.82) is 0 Å². The maximum absolute atomic E-state index is 11.1. The Bertz CT molecular complexity index is 167. The summed E-state index contributed by atoms with van der Waals surface area (Å²) in [6.45, 7) is 4.26. The minimum Gasteiger partial charge on any atom is -0.379 e. The molecule has 0 saturated carbocycles. The zero-order chi connectivity index (χ0) is 11.5. The fraction of sp³-hybridized carbons (Fsp3) is 0.889. The molecule has 0 heterocycles. The van der Waals surface area contributed by atoms with E-state index >= 15 is 0 Å². The van der Waals surface area contributed by atoms with Crippen LogP contribution in [-0.2, 0) is 14.3 Å². The topological polar surface area (TPSA) is 73.6 Å². The SMILES string of the molecule is CC(S)NC(=O)CCOCCOCCN. The van der Waals surface area contributed by atoms with E-state index in [1.54, 1.807) is 6.92 Å². The third-order valence-electron chi connectivity index (χ3n) is 1.48. The summed E-state index contributed by atoms with van der Waals surface area (Å²) < 4.78 is 10.3. The van der Waals surface area contributed by atoms with Gasteiger partial charge in [-0.05, 0) is 6.92 Å². The van der Waals surface area contributed by atoms with Crippen molar-refractivity contribution in [2.75, 3.05) is 33.0 Å². The summed E-state index contributed by atoms with van der Waals surface area (Å²) in [5.74, 6) is -0.0552. The van der Waals surface area contributed by atoms with Gasteiger partial charge in [-0.15, -0.1) is 0 Å². The first-order valence-corrected chi connectivity index (χ1v) is 5.51. The van der Waals surface area contributed by atoms with E-state index in [-0.39, 0.29) is 11.3 Å². The van der Waals surface area contributed by atoms with Crippen LogP contribution in [0.4, 0.5) is 0 Å². The number of hydrogen-bond donors (Lipinski definition) is 3. The largest absolute Gasteiger partial charge is 0.379 e. The van der Waals surface area contributed by atoms with E-state index in [2.05, 4.69) is 17.9 Å². The molecule has 1 amide bonds. The maximum Gasteiger partial charge on any atom is 0.223 e. The number of carbonyl (C=O) groups is 1. The van der Waals surface area contributed by atoms with E-state index in [4.69, 9.17) is 15.2 Å². The molecule has 0 aliphatic heterocycles. The van der Waals surface area contributed by atoms with Gasteiger partial charge in [0.05, 0.1) is 31.8 Å². The molecule has 0 aromatic heterocycles. The Balaban J connectivity index is 3.13. The Hall–Kier alpha value is -0.300. The lowest BCUT2D eigenvalue weighted by Gasteiger charge is -2.08. The van der Waals surface area contributed by atoms with Gasteiger partial charge < -0.3 is 20.5 Å². The van der Waals surface area contributed by atoms with E-state index in [0.717, 1.165) is 0 Å². The minimum atomic E-state index is -0.120. The first-order valence-electron chi connectivity index (χ1n) is 4.99. The van der Waals surface area contributed by atoms with E-state index in [1.807, 2.05) is 0 Å². The molecule has 1 atom stereocenters. The highest BCUT2D eigenvalue weighted by molar-refractivity contribution is 7.80. The van der Waals surface area contributed by atoms with E-state index in [0.29, 0.717) is 39.4 Å². The first-order chi connectivity index (χ1) is 7.16. The standard InChI is InChI=1S/C9H20N2O3S/c1-8(15)11-9(12)2-4-13-6-7-14-5-3-10/h8,15H,2-7,10H2,1H3,(H,11,12). The maximum atomic E-state index is 11.1. The monoisotopic (exact) mass is 236 g/mol. The van der Waals surface area contributed by atoms with Crippen LogP contribution in [0.25, 0.3) is 0 Å². The third kappa shape index (κ3) is 11.6. The highest BCUT2D eigenvalue weighted by Gasteiger charge is 2.02. The van der Waals surface area contributed by atoms with Crippen LogP contribution in [0.3, 0.4) is 0 Å². The van der Waals surface area contributed by atoms with Crippen LogP contribution in [-0.4, -0.2) is 44.3 Å². The van der Waals surface area contributed by atoms with Crippen LogP contribution in [0.5, 0.6) is 0 Å². The Morgan fingerprint density at radius 1 is 1.33 bits per heavy atom. The van der Waals surface area contributed by atoms with Gasteiger partial charge in [0.25, 0.3) is 0 Å². The number of thiol groups is 1. The molecule has 0 aliphatic carbocycles. The van der Waals surface area contributed by atoms with Gasteiger partial charge in [-0.25, -0.2) is 0 Å². The van der Waals surface area contributed by atoms with E-state index < -0.39 is 0 Å². The molecular weight excluding hydrogens is 216 g/mol. The van der Waals surface area contributed by atoms with Crippen LogP contribution in [0, 0.1) is 0 Å². The van der Waals surface area contributed by atoms with Crippen molar-refractivity contribution < 1.29 is 14.3 Å². The number of nitrogens with one attached hydrogen (secondary N) is 1. The van der Waals surface area contributed by atoms with Crippen molar-refractivity contribution in [3.8, 4) is 0 Å². The third-order valence-corrected chi connectivity index (χ3v) is 1.61. The Kier molecular flexibility index (Phi) is 10.0. The Morgan fingerprint density at radius 3 is 2.47 bits per heavy atom. The van der Waals surface area contributed by atoms with Crippen LogP contribution < -0.4 is 11.1 Å². The van der Waals surface area contributed by atoms with Gasteiger partial charge in [0.1, 0.15) is 0 Å². The van der Waals surface area contributed by atoms with E-state index in [1.165, 1.54) is 0 Å². The zero-order valence-electron chi connectivity index (χ0n) is 9.07. The molecule has 0 spiro atoms. The van der Waals surface area contributed by atoms with Crippen LogP contribution >= 0.6 is 12.6 Å². The highest BCUT2D eigenvalue weighted by Crippen LogP contribution is 1.89. The van der Waals surface area contributed by atoms with Crippen molar-refractivity contribution in [2.24, 2.45) is 5.73 Å². The molecule has 0 saturated heterocycles. The fourth-order valence-corrected chi connectivity index (χ4v) is 1.02. The van der Waals surface area contributed by atoms with Gasteiger partial charge in [0, 0.05) is 13.0 Å². The van der Waals surface area contributed by atoms with Crippen LogP contribution in [0.1, 0.15) is 13.3 Å². The first kappa shape index (κ1) is 14.7. The van der Waals surface area contributed by atoms with Gasteiger partial charge in [0.2, 0.25) is 5.91 Å². The average Bonchev–Trinajstić information content (AvgIpc) is 2.15. The van der Waals surface area contributed by atoms with E-state index in [9.17, 15) is 4.79 Å². The summed E-state index contributed by atoms with van der Waals surface area (Å²) in [6.07, 6.45) is 0.349. The predicted octanol–water partition coefficient (Wildman–Crippen LogP) is -0.240. The van der Waals surface area contributed by atoms with Crippen molar-refractivity contribution in [3.05, 3.63) is 0 Å². The second-order valence-electron chi connectivity index (χ2n) is 3.01. The van der Waals surface area contributed by atoms with Gasteiger partial charge in [0.15, 0.2) is 0 Å².